The number of thiol groups is 1. The smallest absolute Gasteiger partial charge is 0.217 e. The van der Waals surface area contributed by atoms with Crippen molar-refractivity contribution in [2.75, 3.05) is 10.6 Å². The number of hydrogen-bond acceptors (Lipinski definition) is 3. The molecule has 6 heteroatoms. The molecule has 0 saturated carbocycles. The molecule has 4 nitrogen and oxygen atoms in total. The third-order valence-corrected chi connectivity index (χ3v) is 2.62. The Morgan fingerprint density at radius 1 is 0.957 bits per heavy atom. The second-order valence-corrected chi connectivity index (χ2v) is 5.87. The molecular weight excluding hydrogens is 326 g/mol. The molecule has 0 atom stereocenters. The van der Waals surface area contributed by atoms with Crippen LogP contribution in [0.4, 0.5) is 11.4 Å². The zero-order valence-electron chi connectivity index (χ0n) is 13.1. The summed E-state index contributed by atoms with van der Waals surface area (Å²) in [5, 5.41) is 13.7. The SMILES string of the molecule is CC(C)OC(=S)S.N=C(Nc1ccccc1)Nc1ccccc1. The molecule has 0 amide bonds. The molecule has 23 heavy (non-hydrogen) atoms. The molecule has 0 heterocycles. The Balaban J connectivity index is 0.000000322. The Kier molecular flexibility index (Phi) is 8.79. The van der Waals surface area contributed by atoms with E-state index >= 15 is 0 Å². The highest BCUT2D eigenvalue weighted by Gasteiger charge is 1.96. The van der Waals surface area contributed by atoms with Gasteiger partial charge in [-0.25, -0.2) is 0 Å². The molecule has 0 unspecified atom stereocenters. The van der Waals surface area contributed by atoms with Crippen molar-refractivity contribution < 1.29 is 4.74 Å². The van der Waals surface area contributed by atoms with Crippen molar-refractivity contribution >= 4 is 46.6 Å². The van der Waals surface area contributed by atoms with Crippen molar-refractivity contribution in [3.63, 3.8) is 0 Å². The molecule has 0 saturated heterocycles. The monoisotopic (exact) mass is 347 g/mol. The van der Waals surface area contributed by atoms with Crippen LogP contribution in [0, 0.1) is 5.41 Å². The van der Waals surface area contributed by atoms with Gasteiger partial charge in [-0.05, 0) is 50.3 Å². The van der Waals surface area contributed by atoms with Crippen LogP contribution in [0.3, 0.4) is 0 Å². The van der Waals surface area contributed by atoms with E-state index in [0.29, 0.717) is 4.38 Å². The summed E-state index contributed by atoms with van der Waals surface area (Å²) in [7, 11) is 0. The van der Waals surface area contributed by atoms with E-state index in [9.17, 15) is 0 Å². The van der Waals surface area contributed by atoms with Crippen LogP contribution >= 0.6 is 24.8 Å². The van der Waals surface area contributed by atoms with Gasteiger partial charge in [0, 0.05) is 11.4 Å². The van der Waals surface area contributed by atoms with Gasteiger partial charge in [0.25, 0.3) is 0 Å². The van der Waals surface area contributed by atoms with Gasteiger partial charge in [-0.15, -0.1) is 0 Å². The third kappa shape index (κ3) is 9.55. The average Bonchev–Trinajstić information content (AvgIpc) is 2.48. The van der Waals surface area contributed by atoms with Gasteiger partial charge in [0.05, 0.1) is 6.10 Å². The lowest BCUT2D eigenvalue weighted by Crippen LogP contribution is -2.20. The lowest BCUT2D eigenvalue weighted by atomic mass is 10.3. The van der Waals surface area contributed by atoms with E-state index in [0.717, 1.165) is 11.4 Å². The van der Waals surface area contributed by atoms with Gasteiger partial charge in [0.2, 0.25) is 4.38 Å². The van der Waals surface area contributed by atoms with E-state index in [1.54, 1.807) is 0 Å². The van der Waals surface area contributed by atoms with Crippen LogP contribution in [0.2, 0.25) is 0 Å². The quantitative estimate of drug-likeness (QED) is 0.280. The molecular formula is C17H21N3OS2. The Morgan fingerprint density at radius 3 is 1.61 bits per heavy atom. The molecule has 2 rings (SSSR count). The molecule has 122 valence electrons. The first kappa shape index (κ1) is 19.0. The van der Waals surface area contributed by atoms with Crippen molar-refractivity contribution in [2.24, 2.45) is 0 Å². The van der Waals surface area contributed by atoms with Crippen LogP contribution in [0.15, 0.2) is 60.7 Å². The maximum Gasteiger partial charge on any atom is 0.217 e. The van der Waals surface area contributed by atoms with Crippen LogP contribution < -0.4 is 10.6 Å². The standard InChI is InChI=1S/C13H13N3.C4H8OS2/c14-13(15-11-7-3-1-4-8-11)16-12-9-5-2-6-10-12;1-3(2)5-4(6)7/h1-10H,(H3,14,15,16);3H,1-2H3,(H,6,7). The van der Waals surface area contributed by atoms with E-state index in [2.05, 4.69) is 35.5 Å². The molecule has 2 aromatic rings. The maximum atomic E-state index is 7.74. The fourth-order valence-electron chi connectivity index (χ4n) is 1.56. The molecule has 0 aliphatic heterocycles. The van der Waals surface area contributed by atoms with Gasteiger partial charge in [0.1, 0.15) is 0 Å². The Bertz CT molecular complexity index is 560. The average molecular weight is 348 g/mol. The van der Waals surface area contributed by atoms with E-state index in [1.165, 1.54) is 0 Å². The summed E-state index contributed by atoms with van der Waals surface area (Å²) in [5.74, 6) is 0.261. The fraction of sp³-hybridized carbons (Fsp3) is 0.176. The van der Waals surface area contributed by atoms with Gasteiger partial charge in [-0.1, -0.05) is 49.0 Å². The lowest BCUT2D eigenvalue weighted by molar-refractivity contribution is 0.243. The van der Waals surface area contributed by atoms with Gasteiger partial charge in [-0.3, -0.25) is 5.41 Å². The van der Waals surface area contributed by atoms with Crippen molar-refractivity contribution in [3.8, 4) is 0 Å². The molecule has 0 bridgehead atoms. The first-order valence-corrected chi connectivity index (χ1v) is 7.95. The minimum Gasteiger partial charge on any atom is -0.476 e. The van der Waals surface area contributed by atoms with Crippen molar-refractivity contribution in [1.82, 2.24) is 0 Å². The highest BCUT2D eigenvalue weighted by atomic mass is 32.1. The molecule has 0 radical (unpaired) electrons. The zero-order valence-corrected chi connectivity index (χ0v) is 14.8. The van der Waals surface area contributed by atoms with E-state index in [4.69, 9.17) is 10.1 Å². The predicted molar refractivity (Wildman–Crippen MR) is 106 cm³/mol. The molecule has 0 spiro atoms. The molecule has 0 aromatic heterocycles. The minimum atomic E-state index is 0.157. The largest absolute Gasteiger partial charge is 0.476 e. The first-order valence-electron chi connectivity index (χ1n) is 7.09. The Labute approximate surface area is 148 Å². The number of hydrogen-bond donors (Lipinski definition) is 4. The number of nitrogens with one attached hydrogen (secondary N) is 3. The van der Waals surface area contributed by atoms with E-state index in [1.807, 2.05) is 74.5 Å². The summed E-state index contributed by atoms with van der Waals surface area (Å²) in [4.78, 5) is 0. The summed E-state index contributed by atoms with van der Waals surface area (Å²) < 4.78 is 5.16. The molecule has 3 N–H and O–H groups in total. The maximum absolute atomic E-state index is 7.74. The highest BCUT2D eigenvalue weighted by Crippen LogP contribution is 2.07. The minimum absolute atomic E-state index is 0.157. The highest BCUT2D eigenvalue weighted by molar-refractivity contribution is 8.10. The summed E-state index contributed by atoms with van der Waals surface area (Å²) in [5.41, 5.74) is 1.80. The van der Waals surface area contributed by atoms with Gasteiger partial charge in [0.15, 0.2) is 5.96 Å². The number of benzene rings is 2. The summed E-state index contributed by atoms with van der Waals surface area (Å²) in [6.45, 7) is 3.81. The number of guanidine groups is 1. The van der Waals surface area contributed by atoms with Gasteiger partial charge in [-0.2, -0.15) is 0 Å². The van der Waals surface area contributed by atoms with Crippen LogP contribution in [-0.4, -0.2) is 16.4 Å². The van der Waals surface area contributed by atoms with Crippen LogP contribution in [0.1, 0.15) is 13.8 Å². The normalized spacial score (nSPS) is 9.39. The second-order valence-electron chi connectivity index (χ2n) is 4.79. The van der Waals surface area contributed by atoms with Crippen molar-refractivity contribution in [1.29, 1.82) is 5.41 Å². The number of rotatable bonds is 3. The summed E-state index contributed by atoms with van der Waals surface area (Å²) >= 11 is 8.26. The number of ether oxygens (including phenoxy) is 1. The predicted octanol–water partition coefficient (Wildman–Crippen LogP) is 4.77. The number of para-hydroxylation sites is 2. The molecule has 2 aromatic carbocycles. The molecule has 0 aliphatic carbocycles. The van der Waals surface area contributed by atoms with Crippen LogP contribution in [0.25, 0.3) is 0 Å². The topological polar surface area (TPSA) is 57.1 Å². The zero-order chi connectivity index (χ0) is 17.1. The van der Waals surface area contributed by atoms with Crippen LogP contribution in [0.5, 0.6) is 0 Å². The van der Waals surface area contributed by atoms with Gasteiger partial charge >= 0.3 is 0 Å². The second kappa shape index (κ2) is 10.6. The molecule has 0 aliphatic rings. The Morgan fingerprint density at radius 2 is 1.35 bits per heavy atom. The lowest BCUT2D eigenvalue weighted by Gasteiger charge is -2.09. The first-order chi connectivity index (χ1) is 11.0. The molecule has 0 fully saturated rings. The van der Waals surface area contributed by atoms with Crippen molar-refractivity contribution in [2.45, 2.75) is 20.0 Å². The summed E-state index contributed by atoms with van der Waals surface area (Å²) in [6.07, 6.45) is 0.157. The fourth-order valence-corrected chi connectivity index (χ4v) is 1.97. The third-order valence-electron chi connectivity index (χ3n) is 2.42. The number of thiocarbonyl (C=S) groups is 1. The van der Waals surface area contributed by atoms with E-state index in [-0.39, 0.29) is 12.1 Å². The number of anilines is 2. The van der Waals surface area contributed by atoms with Gasteiger partial charge < -0.3 is 15.4 Å². The van der Waals surface area contributed by atoms with Crippen molar-refractivity contribution in [3.05, 3.63) is 60.7 Å². The van der Waals surface area contributed by atoms with Crippen LogP contribution in [-0.2, 0) is 4.74 Å². The Hall–Kier alpha value is -2.05. The van der Waals surface area contributed by atoms with E-state index < -0.39 is 0 Å². The summed E-state index contributed by atoms with van der Waals surface area (Å²) in [6, 6.07) is 19.3.